The quantitative estimate of drug-likeness (QED) is 0.712. The molecule has 1 saturated heterocycles. The second-order valence-electron chi connectivity index (χ2n) is 6.60. The molecule has 3 heterocycles. The van der Waals surface area contributed by atoms with Crippen molar-refractivity contribution in [2.24, 2.45) is 7.05 Å². The van der Waals surface area contributed by atoms with Crippen molar-refractivity contribution in [1.29, 1.82) is 0 Å². The maximum atomic E-state index is 12.6. The van der Waals surface area contributed by atoms with Crippen LogP contribution in [0, 0.1) is 0 Å². The van der Waals surface area contributed by atoms with Gasteiger partial charge in [0, 0.05) is 44.6 Å². The lowest BCUT2D eigenvalue weighted by Crippen LogP contribution is -2.38. The molecule has 1 aliphatic heterocycles. The molecule has 0 aliphatic carbocycles. The van der Waals surface area contributed by atoms with Crippen LogP contribution in [0.15, 0.2) is 55.0 Å². The van der Waals surface area contributed by atoms with Gasteiger partial charge in [0.2, 0.25) is 5.88 Å². The Morgan fingerprint density at radius 3 is 2.52 bits per heavy atom. The first kappa shape index (κ1) is 17.2. The van der Waals surface area contributed by atoms with Crippen molar-refractivity contribution < 1.29 is 9.53 Å². The Labute approximate surface area is 157 Å². The van der Waals surface area contributed by atoms with Gasteiger partial charge in [0.05, 0.1) is 0 Å². The normalized spacial score (nSPS) is 14.9. The third kappa shape index (κ3) is 3.81. The van der Waals surface area contributed by atoms with Gasteiger partial charge in [-0.15, -0.1) is 0 Å². The second kappa shape index (κ2) is 7.57. The monoisotopic (exact) mass is 363 g/mol. The molecule has 27 heavy (non-hydrogen) atoms. The topological polar surface area (TPSA) is 73.1 Å². The van der Waals surface area contributed by atoms with Gasteiger partial charge < -0.3 is 9.64 Å². The van der Waals surface area contributed by atoms with E-state index in [0.29, 0.717) is 24.7 Å². The Morgan fingerprint density at radius 1 is 1.07 bits per heavy atom. The lowest BCUT2D eigenvalue weighted by atomic mass is 9.93. The molecule has 0 radical (unpaired) electrons. The van der Waals surface area contributed by atoms with Crippen LogP contribution < -0.4 is 4.74 Å². The van der Waals surface area contributed by atoms with E-state index in [1.807, 2.05) is 42.3 Å². The number of carbonyl (C=O) groups excluding carboxylic acids is 1. The van der Waals surface area contributed by atoms with Gasteiger partial charge in [-0.1, -0.05) is 18.2 Å². The van der Waals surface area contributed by atoms with Crippen molar-refractivity contribution >= 4 is 5.91 Å². The van der Waals surface area contributed by atoms with E-state index in [-0.39, 0.29) is 11.8 Å². The summed E-state index contributed by atoms with van der Waals surface area (Å²) >= 11 is 0. The summed E-state index contributed by atoms with van der Waals surface area (Å²) < 4.78 is 7.59. The molecule has 1 aromatic carbocycles. The Kier molecular flexibility index (Phi) is 4.82. The van der Waals surface area contributed by atoms with Gasteiger partial charge in [0.1, 0.15) is 17.1 Å². The summed E-state index contributed by atoms with van der Waals surface area (Å²) in [6.45, 7) is 1.34. The molecule has 2 aromatic heterocycles. The van der Waals surface area contributed by atoms with E-state index in [0.717, 1.165) is 24.3 Å². The molecule has 3 aromatic rings. The Morgan fingerprint density at radius 2 is 1.81 bits per heavy atom. The van der Waals surface area contributed by atoms with Gasteiger partial charge in [-0.05, 0) is 31.0 Å². The van der Waals surface area contributed by atoms with Crippen molar-refractivity contribution in [2.75, 3.05) is 13.1 Å². The number of para-hydroxylation sites is 1. The summed E-state index contributed by atoms with van der Waals surface area (Å²) in [5.74, 6) is 1.47. The fraction of sp³-hybridized carbons (Fsp3) is 0.300. The number of hydrogen-bond acceptors (Lipinski definition) is 5. The molecule has 7 heteroatoms. The number of aryl methyl sites for hydroxylation is 1. The van der Waals surface area contributed by atoms with Crippen LogP contribution in [0.25, 0.3) is 0 Å². The highest BCUT2D eigenvalue weighted by Crippen LogP contribution is 2.33. The number of piperidine rings is 1. The van der Waals surface area contributed by atoms with E-state index < -0.39 is 0 Å². The van der Waals surface area contributed by atoms with E-state index >= 15 is 0 Å². The number of nitrogens with zero attached hydrogens (tertiary/aromatic N) is 5. The zero-order valence-electron chi connectivity index (χ0n) is 15.2. The van der Waals surface area contributed by atoms with E-state index in [9.17, 15) is 4.79 Å². The molecular weight excluding hydrogens is 342 g/mol. The molecule has 0 N–H and O–H groups in total. The van der Waals surface area contributed by atoms with Gasteiger partial charge in [0.15, 0.2) is 0 Å². The number of likely N-dealkylation sites (tertiary alicyclic amines) is 1. The highest BCUT2D eigenvalue weighted by Gasteiger charge is 2.28. The fourth-order valence-electron chi connectivity index (χ4n) is 3.34. The van der Waals surface area contributed by atoms with E-state index in [4.69, 9.17) is 4.74 Å². The zero-order valence-corrected chi connectivity index (χ0v) is 15.2. The first-order valence-corrected chi connectivity index (χ1v) is 9.03. The number of hydrogen-bond donors (Lipinski definition) is 0. The molecule has 0 saturated carbocycles. The second-order valence-corrected chi connectivity index (χ2v) is 6.60. The lowest BCUT2D eigenvalue weighted by molar-refractivity contribution is 0.0705. The standard InChI is InChI=1S/C20H21N5O2/c1-24-12-9-17(23-24)20(26)25-13-7-15(8-14-25)18-19(22-11-10-21-18)27-16-5-3-2-4-6-16/h2-6,9-12,15H,7-8,13-14H2,1H3. The van der Waals surface area contributed by atoms with Gasteiger partial charge >= 0.3 is 0 Å². The lowest BCUT2D eigenvalue weighted by Gasteiger charge is -2.31. The van der Waals surface area contributed by atoms with E-state index in [1.54, 1.807) is 29.3 Å². The Balaban J connectivity index is 1.45. The van der Waals surface area contributed by atoms with Gasteiger partial charge in [-0.2, -0.15) is 5.10 Å². The van der Waals surface area contributed by atoms with Gasteiger partial charge in [-0.25, -0.2) is 4.98 Å². The van der Waals surface area contributed by atoms with Crippen LogP contribution in [-0.2, 0) is 7.05 Å². The molecule has 1 aliphatic rings. The number of ether oxygens (including phenoxy) is 1. The number of carbonyl (C=O) groups is 1. The minimum atomic E-state index is -0.0195. The molecule has 138 valence electrons. The maximum absolute atomic E-state index is 12.6. The molecule has 0 unspecified atom stereocenters. The minimum Gasteiger partial charge on any atom is -0.437 e. The number of rotatable bonds is 4. The highest BCUT2D eigenvalue weighted by molar-refractivity contribution is 5.92. The first-order valence-electron chi connectivity index (χ1n) is 9.03. The van der Waals surface area contributed by atoms with Crippen molar-refractivity contribution in [2.45, 2.75) is 18.8 Å². The fourth-order valence-corrected chi connectivity index (χ4v) is 3.34. The van der Waals surface area contributed by atoms with Crippen LogP contribution >= 0.6 is 0 Å². The molecule has 7 nitrogen and oxygen atoms in total. The van der Waals surface area contributed by atoms with Crippen LogP contribution in [0.2, 0.25) is 0 Å². The molecule has 0 atom stereocenters. The van der Waals surface area contributed by atoms with Crippen molar-refractivity contribution in [3.05, 3.63) is 66.4 Å². The average molecular weight is 363 g/mol. The first-order chi connectivity index (χ1) is 13.2. The van der Waals surface area contributed by atoms with E-state index in [2.05, 4.69) is 15.1 Å². The predicted octanol–water partition coefficient (Wildman–Crippen LogP) is 3.02. The van der Waals surface area contributed by atoms with Crippen molar-refractivity contribution in [3.63, 3.8) is 0 Å². The third-order valence-electron chi connectivity index (χ3n) is 4.75. The third-order valence-corrected chi connectivity index (χ3v) is 4.75. The average Bonchev–Trinajstić information content (AvgIpc) is 3.15. The summed E-state index contributed by atoms with van der Waals surface area (Å²) in [5.41, 5.74) is 1.34. The van der Waals surface area contributed by atoms with Crippen molar-refractivity contribution in [1.82, 2.24) is 24.6 Å². The maximum Gasteiger partial charge on any atom is 0.274 e. The molecule has 4 rings (SSSR count). The SMILES string of the molecule is Cn1ccc(C(=O)N2CCC(c3nccnc3Oc3ccccc3)CC2)n1. The summed E-state index contributed by atoms with van der Waals surface area (Å²) in [4.78, 5) is 23.3. The number of benzene rings is 1. The summed E-state index contributed by atoms with van der Waals surface area (Å²) in [6.07, 6.45) is 6.76. The van der Waals surface area contributed by atoms with Crippen LogP contribution in [-0.4, -0.2) is 43.6 Å². The van der Waals surface area contributed by atoms with Crippen LogP contribution in [0.5, 0.6) is 11.6 Å². The zero-order chi connectivity index (χ0) is 18.6. The summed E-state index contributed by atoms with van der Waals surface area (Å²) in [7, 11) is 1.81. The Bertz CT molecular complexity index is 917. The predicted molar refractivity (Wildman–Crippen MR) is 99.6 cm³/mol. The van der Waals surface area contributed by atoms with Crippen LogP contribution in [0.1, 0.15) is 34.9 Å². The minimum absolute atomic E-state index is 0.0195. The van der Waals surface area contributed by atoms with Crippen LogP contribution in [0.4, 0.5) is 0 Å². The molecule has 0 spiro atoms. The molecule has 1 fully saturated rings. The number of amides is 1. The van der Waals surface area contributed by atoms with E-state index in [1.165, 1.54) is 0 Å². The highest BCUT2D eigenvalue weighted by atomic mass is 16.5. The molecule has 1 amide bonds. The van der Waals surface area contributed by atoms with Gasteiger partial charge in [-0.3, -0.25) is 14.5 Å². The number of aromatic nitrogens is 4. The van der Waals surface area contributed by atoms with Gasteiger partial charge in [0.25, 0.3) is 5.91 Å². The largest absolute Gasteiger partial charge is 0.437 e. The van der Waals surface area contributed by atoms with Crippen molar-refractivity contribution in [3.8, 4) is 11.6 Å². The summed E-state index contributed by atoms with van der Waals surface area (Å²) in [6, 6.07) is 11.3. The molecule has 0 bridgehead atoms. The van der Waals surface area contributed by atoms with Crippen LogP contribution in [0.3, 0.4) is 0 Å². The molecular formula is C20H21N5O2. The Hall–Kier alpha value is -3.22. The smallest absolute Gasteiger partial charge is 0.274 e. The summed E-state index contributed by atoms with van der Waals surface area (Å²) in [5, 5.41) is 4.21.